The molecule has 0 fully saturated rings. The summed E-state index contributed by atoms with van der Waals surface area (Å²) in [6, 6.07) is 12.7. The van der Waals surface area contributed by atoms with E-state index in [1.54, 1.807) is 18.2 Å². The van der Waals surface area contributed by atoms with Gasteiger partial charge in [0.2, 0.25) is 0 Å². The van der Waals surface area contributed by atoms with Gasteiger partial charge in [0.05, 0.1) is 11.4 Å². The van der Waals surface area contributed by atoms with E-state index < -0.39 is 0 Å². The molecular formula is C15H16BrN3O. The summed E-state index contributed by atoms with van der Waals surface area (Å²) in [5, 5.41) is 2.83. The number of hydrogen-bond acceptors (Lipinski definition) is 3. The average Bonchev–Trinajstić information content (AvgIpc) is 2.38. The van der Waals surface area contributed by atoms with E-state index in [4.69, 9.17) is 5.73 Å². The fourth-order valence-electron chi connectivity index (χ4n) is 1.87. The summed E-state index contributed by atoms with van der Waals surface area (Å²) in [6.07, 6.45) is 0. The number of rotatable bonds is 3. The van der Waals surface area contributed by atoms with E-state index in [2.05, 4.69) is 21.2 Å². The van der Waals surface area contributed by atoms with E-state index in [9.17, 15) is 4.79 Å². The first-order valence-corrected chi connectivity index (χ1v) is 6.90. The van der Waals surface area contributed by atoms with Gasteiger partial charge in [-0.3, -0.25) is 4.79 Å². The van der Waals surface area contributed by atoms with Crippen molar-refractivity contribution < 1.29 is 4.79 Å². The van der Waals surface area contributed by atoms with Gasteiger partial charge in [-0.05, 0) is 36.4 Å². The van der Waals surface area contributed by atoms with Crippen LogP contribution in [-0.2, 0) is 0 Å². The molecule has 0 bridgehead atoms. The molecule has 0 saturated carbocycles. The van der Waals surface area contributed by atoms with Crippen LogP contribution < -0.4 is 16.0 Å². The van der Waals surface area contributed by atoms with Crippen LogP contribution in [0.2, 0.25) is 0 Å². The largest absolute Gasteiger partial charge is 0.397 e. The lowest BCUT2D eigenvalue weighted by molar-refractivity contribution is 0.102. The van der Waals surface area contributed by atoms with Gasteiger partial charge in [-0.25, -0.2) is 0 Å². The van der Waals surface area contributed by atoms with E-state index in [1.807, 2.05) is 43.3 Å². The average molecular weight is 334 g/mol. The molecule has 0 heterocycles. The maximum absolute atomic E-state index is 12.1. The Morgan fingerprint density at radius 2 is 1.95 bits per heavy atom. The highest BCUT2D eigenvalue weighted by Crippen LogP contribution is 2.25. The van der Waals surface area contributed by atoms with Crippen LogP contribution in [0.1, 0.15) is 10.4 Å². The Balaban J connectivity index is 2.18. The van der Waals surface area contributed by atoms with Gasteiger partial charge in [-0.15, -0.1) is 0 Å². The Hall–Kier alpha value is -2.01. The van der Waals surface area contributed by atoms with Gasteiger partial charge in [0, 0.05) is 29.8 Å². The molecule has 0 unspecified atom stereocenters. The molecule has 20 heavy (non-hydrogen) atoms. The van der Waals surface area contributed by atoms with E-state index in [1.165, 1.54) is 0 Å². The van der Waals surface area contributed by atoms with Gasteiger partial charge >= 0.3 is 0 Å². The number of nitrogens with zero attached hydrogens (tertiary/aromatic N) is 1. The van der Waals surface area contributed by atoms with Gasteiger partial charge in [-0.1, -0.05) is 22.0 Å². The van der Waals surface area contributed by atoms with Gasteiger partial charge in [-0.2, -0.15) is 0 Å². The van der Waals surface area contributed by atoms with Crippen LogP contribution in [0, 0.1) is 0 Å². The van der Waals surface area contributed by atoms with Crippen LogP contribution in [0.25, 0.3) is 0 Å². The minimum Gasteiger partial charge on any atom is -0.397 e. The van der Waals surface area contributed by atoms with Crippen molar-refractivity contribution in [1.82, 2.24) is 0 Å². The van der Waals surface area contributed by atoms with Crippen molar-refractivity contribution in [3.8, 4) is 0 Å². The summed E-state index contributed by atoms with van der Waals surface area (Å²) in [4.78, 5) is 14.0. The van der Waals surface area contributed by atoms with Gasteiger partial charge < -0.3 is 16.0 Å². The number of benzene rings is 2. The zero-order valence-electron chi connectivity index (χ0n) is 11.4. The molecular weight excluding hydrogens is 318 g/mol. The highest BCUT2D eigenvalue weighted by atomic mass is 79.9. The third kappa shape index (κ3) is 3.30. The van der Waals surface area contributed by atoms with E-state index in [-0.39, 0.29) is 5.91 Å². The fraction of sp³-hybridized carbons (Fsp3) is 0.133. The predicted octanol–water partition coefficient (Wildman–Crippen LogP) is 3.35. The molecule has 0 saturated heterocycles. The topological polar surface area (TPSA) is 58.4 Å². The number of nitrogens with one attached hydrogen (secondary N) is 1. The molecule has 2 aromatic rings. The lowest BCUT2D eigenvalue weighted by Gasteiger charge is -2.16. The van der Waals surface area contributed by atoms with Gasteiger partial charge in [0.1, 0.15) is 0 Å². The van der Waals surface area contributed by atoms with E-state index in [0.29, 0.717) is 16.9 Å². The second kappa shape index (κ2) is 5.96. The van der Waals surface area contributed by atoms with E-state index in [0.717, 1.165) is 10.2 Å². The Morgan fingerprint density at radius 1 is 1.20 bits per heavy atom. The first-order chi connectivity index (χ1) is 9.47. The minimum atomic E-state index is -0.164. The lowest BCUT2D eigenvalue weighted by Crippen LogP contribution is -2.14. The molecule has 0 aliphatic rings. The van der Waals surface area contributed by atoms with Crippen molar-refractivity contribution in [2.45, 2.75) is 0 Å². The zero-order chi connectivity index (χ0) is 14.7. The molecule has 3 N–H and O–H groups in total. The molecule has 2 rings (SSSR count). The Morgan fingerprint density at radius 3 is 2.55 bits per heavy atom. The molecule has 0 aromatic heterocycles. The smallest absolute Gasteiger partial charge is 0.255 e. The number of nitrogen functional groups attached to an aromatic ring is 1. The molecule has 0 aliphatic carbocycles. The Kier molecular flexibility index (Phi) is 4.29. The third-order valence-corrected chi connectivity index (χ3v) is 3.35. The highest BCUT2D eigenvalue weighted by molar-refractivity contribution is 9.10. The van der Waals surface area contributed by atoms with Crippen LogP contribution in [0.3, 0.4) is 0 Å². The summed E-state index contributed by atoms with van der Waals surface area (Å²) in [5.41, 5.74) is 8.78. The third-order valence-electron chi connectivity index (χ3n) is 2.85. The fourth-order valence-corrected chi connectivity index (χ4v) is 2.27. The lowest BCUT2D eigenvalue weighted by atomic mass is 10.2. The first-order valence-electron chi connectivity index (χ1n) is 6.11. The van der Waals surface area contributed by atoms with Crippen molar-refractivity contribution in [2.24, 2.45) is 0 Å². The molecule has 0 aliphatic heterocycles. The van der Waals surface area contributed by atoms with Crippen molar-refractivity contribution in [3.05, 3.63) is 52.5 Å². The molecule has 1 amide bonds. The second-order valence-electron chi connectivity index (χ2n) is 4.63. The second-order valence-corrected chi connectivity index (χ2v) is 5.55. The normalized spacial score (nSPS) is 10.2. The van der Waals surface area contributed by atoms with Crippen LogP contribution >= 0.6 is 15.9 Å². The zero-order valence-corrected chi connectivity index (χ0v) is 12.9. The van der Waals surface area contributed by atoms with Crippen LogP contribution in [0.5, 0.6) is 0 Å². The summed E-state index contributed by atoms with van der Waals surface area (Å²) >= 11 is 3.35. The minimum absolute atomic E-state index is 0.164. The number of hydrogen-bond donors (Lipinski definition) is 2. The molecule has 0 atom stereocenters. The maximum Gasteiger partial charge on any atom is 0.255 e. The predicted molar refractivity (Wildman–Crippen MR) is 87.3 cm³/mol. The van der Waals surface area contributed by atoms with E-state index >= 15 is 0 Å². The molecule has 0 spiro atoms. The summed E-state index contributed by atoms with van der Waals surface area (Å²) in [6.45, 7) is 0. The molecule has 4 nitrogen and oxygen atoms in total. The van der Waals surface area contributed by atoms with Crippen molar-refractivity contribution in [1.29, 1.82) is 0 Å². The monoisotopic (exact) mass is 333 g/mol. The van der Waals surface area contributed by atoms with Gasteiger partial charge in [0.25, 0.3) is 5.91 Å². The molecule has 2 aromatic carbocycles. The van der Waals surface area contributed by atoms with Crippen molar-refractivity contribution >= 4 is 38.9 Å². The molecule has 104 valence electrons. The first kappa shape index (κ1) is 14.4. The van der Waals surface area contributed by atoms with Crippen LogP contribution in [0.4, 0.5) is 17.1 Å². The Labute approximate surface area is 126 Å². The Bertz CT molecular complexity index is 641. The number of amides is 1. The summed E-state index contributed by atoms with van der Waals surface area (Å²) < 4.78 is 0.868. The highest BCUT2D eigenvalue weighted by Gasteiger charge is 2.08. The van der Waals surface area contributed by atoms with Crippen LogP contribution in [-0.4, -0.2) is 20.0 Å². The molecule has 5 heteroatoms. The number of carbonyl (C=O) groups excluding carboxylic acids is 1. The summed E-state index contributed by atoms with van der Waals surface area (Å²) in [5.74, 6) is -0.164. The number of nitrogens with two attached hydrogens (primary N) is 1. The van der Waals surface area contributed by atoms with Crippen LogP contribution in [0.15, 0.2) is 46.9 Å². The van der Waals surface area contributed by atoms with Crippen molar-refractivity contribution in [2.75, 3.05) is 30.0 Å². The molecule has 0 radical (unpaired) electrons. The summed E-state index contributed by atoms with van der Waals surface area (Å²) in [7, 11) is 3.84. The van der Waals surface area contributed by atoms with Gasteiger partial charge in [0.15, 0.2) is 0 Å². The number of carbonyl (C=O) groups is 1. The van der Waals surface area contributed by atoms with Crippen molar-refractivity contribution in [3.63, 3.8) is 0 Å². The SMILES string of the molecule is CN(C)c1ccc(NC(=O)c2cccc(Br)c2)cc1N. The number of anilines is 3. The standard InChI is InChI=1S/C15H16BrN3O/c1-19(2)14-7-6-12(9-13(14)17)18-15(20)10-4-3-5-11(16)8-10/h3-9H,17H2,1-2H3,(H,18,20). The number of halogens is 1. The maximum atomic E-state index is 12.1. The quantitative estimate of drug-likeness (QED) is 0.847.